The summed E-state index contributed by atoms with van der Waals surface area (Å²) < 4.78 is 42.8. The third-order valence-corrected chi connectivity index (χ3v) is 3.75. The zero-order chi connectivity index (χ0) is 18.5. The van der Waals surface area contributed by atoms with Gasteiger partial charge in [-0.3, -0.25) is 5.32 Å². The number of halogens is 3. The van der Waals surface area contributed by atoms with Crippen LogP contribution in [0, 0.1) is 0 Å². The van der Waals surface area contributed by atoms with Crippen molar-refractivity contribution < 1.29 is 27.8 Å². The van der Waals surface area contributed by atoms with Crippen LogP contribution < -0.4 is 10.1 Å². The Balaban J connectivity index is 2.08. The summed E-state index contributed by atoms with van der Waals surface area (Å²) in [4.78, 5) is 11.5. The number of hydrogen-bond acceptors (Lipinski definition) is 3. The lowest BCUT2D eigenvalue weighted by atomic mass is 9.92. The molecule has 2 aromatic carbocycles. The van der Waals surface area contributed by atoms with Crippen LogP contribution in [0.15, 0.2) is 54.6 Å². The first-order chi connectivity index (χ1) is 11.7. The van der Waals surface area contributed by atoms with E-state index in [0.29, 0.717) is 12.4 Å². The molecular formula is C18H18F3NO3. The molecule has 1 unspecified atom stereocenters. The van der Waals surface area contributed by atoms with Crippen LogP contribution in [-0.2, 0) is 16.9 Å². The maximum atomic E-state index is 12.4. The van der Waals surface area contributed by atoms with Crippen molar-refractivity contribution in [1.29, 1.82) is 0 Å². The van der Waals surface area contributed by atoms with Crippen LogP contribution in [0.2, 0.25) is 0 Å². The number of benzene rings is 2. The molecule has 0 saturated carbocycles. The van der Waals surface area contributed by atoms with Gasteiger partial charge in [-0.05, 0) is 30.2 Å². The zero-order valence-corrected chi connectivity index (χ0v) is 13.5. The molecule has 0 saturated heterocycles. The highest BCUT2D eigenvalue weighted by atomic mass is 19.4. The van der Waals surface area contributed by atoms with Gasteiger partial charge in [0.1, 0.15) is 17.9 Å². The Bertz CT molecular complexity index is 702. The van der Waals surface area contributed by atoms with E-state index in [4.69, 9.17) is 4.74 Å². The molecule has 2 N–H and O–H groups in total. The van der Waals surface area contributed by atoms with Gasteiger partial charge in [-0.2, -0.15) is 13.2 Å². The van der Waals surface area contributed by atoms with Gasteiger partial charge in [-0.15, -0.1) is 0 Å². The van der Waals surface area contributed by atoms with E-state index in [-0.39, 0.29) is 5.56 Å². The van der Waals surface area contributed by atoms with Gasteiger partial charge in [0.15, 0.2) is 0 Å². The quantitative estimate of drug-likeness (QED) is 0.797. The fourth-order valence-corrected chi connectivity index (χ4v) is 2.20. The number of rotatable bonds is 7. The SMILES string of the molecule is CC(NCC(F)(F)F)(C(=O)O)c1ccc(OCc2ccccc2)cc1. The largest absolute Gasteiger partial charge is 0.489 e. The molecule has 0 aliphatic carbocycles. The van der Waals surface area contributed by atoms with Crippen LogP contribution >= 0.6 is 0 Å². The molecule has 1 atom stereocenters. The molecule has 25 heavy (non-hydrogen) atoms. The van der Waals surface area contributed by atoms with E-state index in [1.807, 2.05) is 30.3 Å². The van der Waals surface area contributed by atoms with Crippen molar-refractivity contribution in [3.8, 4) is 5.75 Å². The van der Waals surface area contributed by atoms with Crippen molar-refractivity contribution in [1.82, 2.24) is 5.32 Å². The number of carbonyl (C=O) groups is 1. The third-order valence-electron chi connectivity index (χ3n) is 3.75. The second-order valence-corrected chi connectivity index (χ2v) is 5.70. The lowest BCUT2D eigenvalue weighted by Gasteiger charge is -2.27. The molecule has 4 nitrogen and oxygen atoms in total. The number of aliphatic carboxylic acids is 1. The molecule has 0 radical (unpaired) electrons. The van der Waals surface area contributed by atoms with E-state index in [9.17, 15) is 23.1 Å². The van der Waals surface area contributed by atoms with Gasteiger partial charge < -0.3 is 9.84 Å². The van der Waals surface area contributed by atoms with Crippen molar-refractivity contribution >= 4 is 5.97 Å². The standard InChI is InChI=1S/C18H18F3NO3/c1-17(16(23)24,22-12-18(19,20)21)14-7-9-15(10-8-14)25-11-13-5-3-2-4-6-13/h2-10,22H,11-12H2,1H3,(H,23,24). The zero-order valence-electron chi connectivity index (χ0n) is 13.5. The van der Waals surface area contributed by atoms with Crippen molar-refractivity contribution in [2.45, 2.75) is 25.2 Å². The predicted octanol–water partition coefficient (Wildman–Crippen LogP) is 3.72. The Morgan fingerprint density at radius 2 is 1.68 bits per heavy atom. The van der Waals surface area contributed by atoms with Crippen molar-refractivity contribution in [3.05, 3.63) is 65.7 Å². The number of hydrogen-bond donors (Lipinski definition) is 2. The second-order valence-electron chi connectivity index (χ2n) is 5.70. The summed E-state index contributed by atoms with van der Waals surface area (Å²) in [5.74, 6) is -0.897. The average Bonchev–Trinajstić information content (AvgIpc) is 2.58. The first-order valence-electron chi connectivity index (χ1n) is 7.53. The van der Waals surface area contributed by atoms with Crippen LogP contribution in [0.5, 0.6) is 5.75 Å². The van der Waals surface area contributed by atoms with E-state index in [0.717, 1.165) is 5.56 Å². The summed E-state index contributed by atoms with van der Waals surface area (Å²) in [6.45, 7) is 0.131. The predicted molar refractivity (Wildman–Crippen MR) is 86.3 cm³/mol. The molecule has 0 bridgehead atoms. The Morgan fingerprint density at radius 1 is 1.08 bits per heavy atom. The highest BCUT2D eigenvalue weighted by Crippen LogP contribution is 2.26. The van der Waals surface area contributed by atoms with Crippen molar-refractivity contribution in [2.75, 3.05) is 6.54 Å². The summed E-state index contributed by atoms with van der Waals surface area (Å²) in [5, 5.41) is 11.4. The van der Waals surface area contributed by atoms with Gasteiger partial charge in [0.2, 0.25) is 0 Å². The van der Waals surface area contributed by atoms with Gasteiger partial charge in [0, 0.05) is 0 Å². The Hall–Kier alpha value is -2.54. The first-order valence-corrected chi connectivity index (χ1v) is 7.53. The fourth-order valence-electron chi connectivity index (χ4n) is 2.20. The maximum Gasteiger partial charge on any atom is 0.401 e. The Labute approximate surface area is 143 Å². The molecule has 0 fully saturated rings. The first kappa shape index (κ1) is 18.8. The molecule has 0 aromatic heterocycles. The summed E-state index contributed by atoms with van der Waals surface area (Å²) in [6.07, 6.45) is -4.50. The molecule has 0 aliphatic rings. The van der Waals surface area contributed by atoms with Gasteiger partial charge >= 0.3 is 12.1 Å². The number of ether oxygens (including phenoxy) is 1. The van der Waals surface area contributed by atoms with Gasteiger partial charge in [-0.1, -0.05) is 42.5 Å². The van der Waals surface area contributed by atoms with E-state index >= 15 is 0 Å². The lowest BCUT2D eigenvalue weighted by Crippen LogP contribution is -2.50. The monoisotopic (exact) mass is 353 g/mol. The summed E-state index contributed by atoms with van der Waals surface area (Å²) in [6, 6.07) is 15.4. The second kappa shape index (κ2) is 7.57. The summed E-state index contributed by atoms with van der Waals surface area (Å²) in [7, 11) is 0. The number of carboxylic acids is 1. The van der Waals surface area contributed by atoms with E-state index in [1.165, 1.54) is 31.2 Å². The van der Waals surface area contributed by atoms with Crippen LogP contribution in [0.1, 0.15) is 18.1 Å². The average molecular weight is 353 g/mol. The number of nitrogens with one attached hydrogen (secondary N) is 1. The van der Waals surface area contributed by atoms with Crippen molar-refractivity contribution in [3.63, 3.8) is 0 Å². The molecule has 7 heteroatoms. The Kier molecular flexibility index (Phi) is 5.69. The van der Waals surface area contributed by atoms with Crippen LogP contribution in [0.3, 0.4) is 0 Å². The number of alkyl halides is 3. The summed E-state index contributed by atoms with van der Waals surface area (Å²) in [5.41, 5.74) is -0.682. The Morgan fingerprint density at radius 3 is 2.20 bits per heavy atom. The highest BCUT2D eigenvalue weighted by Gasteiger charge is 2.39. The molecule has 0 aliphatic heterocycles. The molecule has 2 rings (SSSR count). The van der Waals surface area contributed by atoms with E-state index < -0.39 is 24.2 Å². The molecule has 134 valence electrons. The van der Waals surface area contributed by atoms with Gasteiger partial charge in [-0.25, -0.2) is 4.79 Å². The van der Waals surface area contributed by atoms with E-state index in [1.54, 1.807) is 0 Å². The van der Waals surface area contributed by atoms with E-state index in [2.05, 4.69) is 5.32 Å². The minimum absolute atomic E-state index is 0.205. The minimum Gasteiger partial charge on any atom is -0.489 e. The fraction of sp³-hybridized carbons (Fsp3) is 0.278. The highest BCUT2D eigenvalue weighted by molar-refractivity contribution is 5.80. The molecule has 0 spiro atoms. The topological polar surface area (TPSA) is 58.6 Å². The molecule has 2 aromatic rings. The minimum atomic E-state index is -4.50. The molecule has 0 heterocycles. The van der Waals surface area contributed by atoms with Crippen LogP contribution in [-0.4, -0.2) is 23.8 Å². The summed E-state index contributed by atoms with van der Waals surface area (Å²) >= 11 is 0. The van der Waals surface area contributed by atoms with Crippen molar-refractivity contribution in [2.24, 2.45) is 0 Å². The molecule has 0 amide bonds. The lowest BCUT2D eigenvalue weighted by molar-refractivity contribution is -0.150. The third kappa shape index (κ3) is 5.22. The van der Waals surface area contributed by atoms with Gasteiger partial charge in [0.05, 0.1) is 6.54 Å². The van der Waals surface area contributed by atoms with Crippen LogP contribution in [0.25, 0.3) is 0 Å². The normalized spacial score (nSPS) is 13.9. The molecular weight excluding hydrogens is 335 g/mol. The van der Waals surface area contributed by atoms with Crippen LogP contribution in [0.4, 0.5) is 13.2 Å². The van der Waals surface area contributed by atoms with Gasteiger partial charge in [0.25, 0.3) is 0 Å². The number of carboxylic acid groups (broad SMARTS) is 1. The smallest absolute Gasteiger partial charge is 0.401 e. The maximum absolute atomic E-state index is 12.4.